The van der Waals surface area contributed by atoms with Gasteiger partial charge in [0.05, 0.1) is 13.3 Å². The van der Waals surface area contributed by atoms with Crippen LogP contribution in [0.5, 0.6) is 11.5 Å². The summed E-state index contributed by atoms with van der Waals surface area (Å²) in [5.74, 6) is 0.386. The number of ether oxygens (including phenoxy) is 1. The van der Waals surface area contributed by atoms with Crippen molar-refractivity contribution in [3.63, 3.8) is 0 Å². The number of hydrazone groups is 1. The summed E-state index contributed by atoms with van der Waals surface area (Å²) in [6.45, 7) is 0. The van der Waals surface area contributed by atoms with Gasteiger partial charge in [0.2, 0.25) is 0 Å². The molecule has 0 unspecified atom stereocenters. The molecule has 0 bridgehead atoms. The molecule has 0 saturated heterocycles. The second-order valence-electron chi connectivity index (χ2n) is 4.12. The minimum absolute atomic E-state index is 0.0458. The molecule has 2 rings (SSSR count). The maximum absolute atomic E-state index is 11.6. The number of carbonyl (C=O) groups is 1. The second kappa shape index (κ2) is 6.95. The third kappa shape index (κ3) is 4.24. The number of hydrogen-bond acceptors (Lipinski definition) is 4. The van der Waals surface area contributed by atoms with Crippen LogP contribution in [0.2, 0.25) is 0 Å². The molecule has 108 valence electrons. The Kier molecular flexibility index (Phi) is 4.76. The molecule has 0 saturated carbocycles. The molecule has 2 amide bonds. The number of nitrogens with zero attached hydrogens (tertiary/aromatic N) is 1. The summed E-state index contributed by atoms with van der Waals surface area (Å²) in [5, 5.41) is 15.9. The molecule has 0 fully saturated rings. The predicted octanol–water partition coefficient (Wildman–Crippen LogP) is 2.56. The van der Waals surface area contributed by atoms with Gasteiger partial charge < -0.3 is 15.2 Å². The summed E-state index contributed by atoms with van der Waals surface area (Å²) >= 11 is 0. The lowest BCUT2D eigenvalue weighted by molar-refractivity contribution is 0.252. The van der Waals surface area contributed by atoms with Gasteiger partial charge in [0, 0.05) is 5.69 Å². The summed E-state index contributed by atoms with van der Waals surface area (Å²) in [5.41, 5.74) is 3.71. The fraction of sp³-hybridized carbons (Fsp3) is 0.0667. The summed E-state index contributed by atoms with van der Waals surface area (Å²) in [7, 11) is 1.46. The van der Waals surface area contributed by atoms with Crippen molar-refractivity contribution < 1.29 is 14.6 Å². The monoisotopic (exact) mass is 285 g/mol. The molecular formula is C15H15N3O3. The number of hydrogen-bond donors (Lipinski definition) is 3. The Hall–Kier alpha value is -3.02. The average Bonchev–Trinajstić information content (AvgIpc) is 2.50. The first-order valence-corrected chi connectivity index (χ1v) is 6.21. The Morgan fingerprint density at radius 2 is 2.00 bits per heavy atom. The van der Waals surface area contributed by atoms with Gasteiger partial charge in [-0.3, -0.25) is 0 Å². The Morgan fingerprint density at radius 1 is 1.24 bits per heavy atom. The number of nitrogens with one attached hydrogen (secondary N) is 2. The van der Waals surface area contributed by atoms with Crippen LogP contribution in [0.1, 0.15) is 5.56 Å². The molecular weight excluding hydrogens is 270 g/mol. The lowest BCUT2D eigenvalue weighted by atomic mass is 10.2. The molecule has 2 aromatic rings. The SMILES string of the molecule is COc1cc(C=NNC(=O)Nc2ccccc2)ccc1O. The molecule has 0 aliphatic rings. The van der Waals surface area contributed by atoms with E-state index >= 15 is 0 Å². The number of phenols is 1. The summed E-state index contributed by atoms with van der Waals surface area (Å²) < 4.78 is 4.98. The van der Waals surface area contributed by atoms with Crippen molar-refractivity contribution in [3.8, 4) is 11.5 Å². The molecule has 0 aromatic heterocycles. The predicted molar refractivity (Wildman–Crippen MR) is 80.8 cm³/mol. The Labute approximate surface area is 122 Å². The van der Waals surface area contributed by atoms with E-state index in [1.54, 1.807) is 24.3 Å². The normalized spacial score (nSPS) is 10.3. The number of anilines is 1. The summed E-state index contributed by atoms with van der Waals surface area (Å²) in [6.07, 6.45) is 1.45. The largest absolute Gasteiger partial charge is 0.504 e. The molecule has 3 N–H and O–H groups in total. The third-order valence-electron chi connectivity index (χ3n) is 2.62. The molecule has 0 aliphatic heterocycles. The van der Waals surface area contributed by atoms with Crippen LogP contribution in [0, 0.1) is 0 Å². The Morgan fingerprint density at radius 3 is 2.71 bits per heavy atom. The smallest absolute Gasteiger partial charge is 0.339 e. The van der Waals surface area contributed by atoms with Gasteiger partial charge >= 0.3 is 6.03 Å². The molecule has 6 heteroatoms. The van der Waals surface area contributed by atoms with Gasteiger partial charge in [-0.25, -0.2) is 10.2 Å². The fourth-order valence-electron chi connectivity index (χ4n) is 1.62. The van der Waals surface area contributed by atoms with Crippen molar-refractivity contribution in [2.45, 2.75) is 0 Å². The molecule has 21 heavy (non-hydrogen) atoms. The maximum Gasteiger partial charge on any atom is 0.339 e. The van der Waals surface area contributed by atoms with Crippen molar-refractivity contribution in [2.24, 2.45) is 5.10 Å². The first-order valence-electron chi connectivity index (χ1n) is 6.21. The van der Waals surface area contributed by atoms with Crippen molar-refractivity contribution >= 4 is 17.9 Å². The summed E-state index contributed by atoms with van der Waals surface area (Å²) in [4.78, 5) is 11.6. The van der Waals surface area contributed by atoms with E-state index in [0.717, 1.165) is 0 Å². The minimum atomic E-state index is -0.441. The van der Waals surface area contributed by atoms with Crippen molar-refractivity contribution in [3.05, 3.63) is 54.1 Å². The highest BCUT2D eigenvalue weighted by atomic mass is 16.5. The van der Waals surface area contributed by atoms with E-state index in [1.807, 2.05) is 18.2 Å². The van der Waals surface area contributed by atoms with E-state index in [0.29, 0.717) is 17.0 Å². The van der Waals surface area contributed by atoms with E-state index in [4.69, 9.17) is 4.74 Å². The van der Waals surface area contributed by atoms with Crippen molar-refractivity contribution in [2.75, 3.05) is 12.4 Å². The van der Waals surface area contributed by atoms with E-state index in [9.17, 15) is 9.90 Å². The molecule has 6 nitrogen and oxygen atoms in total. The minimum Gasteiger partial charge on any atom is -0.504 e. The third-order valence-corrected chi connectivity index (χ3v) is 2.62. The first kappa shape index (κ1) is 14.4. The zero-order chi connectivity index (χ0) is 15.1. The second-order valence-corrected chi connectivity index (χ2v) is 4.12. The number of carbonyl (C=O) groups excluding carboxylic acids is 1. The van der Waals surface area contributed by atoms with Crippen LogP contribution in [-0.4, -0.2) is 24.5 Å². The Balaban J connectivity index is 1.91. The molecule has 0 radical (unpaired) electrons. The highest BCUT2D eigenvalue weighted by molar-refractivity contribution is 5.90. The molecule has 0 heterocycles. The van der Waals surface area contributed by atoms with Gasteiger partial charge in [0.1, 0.15) is 0 Å². The lowest BCUT2D eigenvalue weighted by Gasteiger charge is -2.04. The first-order chi connectivity index (χ1) is 10.2. The van der Waals surface area contributed by atoms with Gasteiger partial charge in [-0.2, -0.15) is 5.10 Å². The number of rotatable bonds is 4. The number of amides is 2. The molecule has 2 aromatic carbocycles. The highest BCUT2D eigenvalue weighted by Gasteiger charge is 2.01. The van der Waals surface area contributed by atoms with Crippen LogP contribution in [0.15, 0.2) is 53.6 Å². The fourth-order valence-corrected chi connectivity index (χ4v) is 1.62. The van der Waals surface area contributed by atoms with Crippen LogP contribution in [-0.2, 0) is 0 Å². The topological polar surface area (TPSA) is 83.0 Å². The van der Waals surface area contributed by atoms with E-state index in [1.165, 1.54) is 19.4 Å². The van der Waals surface area contributed by atoms with Gasteiger partial charge in [-0.05, 0) is 35.9 Å². The van der Waals surface area contributed by atoms with Gasteiger partial charge in [0.25, 0.3) is 0 Å². The van der Waals surface area contributed by atoms with Crippen LogP contribution >= 0.6 is 0 Å². The zero-order valence-electron chi connectivity index (χ0n) is 11.4. The van der Waals surface area contributed by atoms with Crippen LogP contribution in [0.3, 0.4) is 0 Å². The standard InChI is InChI=1S/C15H15N3O3/c1-21-14-9-11(7-8-13(14)19)10-16-18-15(20)17-12-5-3-2-4-6-12/h2-10,19H,1H3,(H2,17,18,20). The summed E-state index contributed by atoms with van der Waals surface area (Å²) in [6, 6.07) is 13.4. The van der Waals surface area contributed by atoms with E-state index in [2.05, 4.69) is 15.8 Å². The molecule has 0 aliphatic carbocycles. The number of aromatic hydroxyl groups is 1. The maximum atomic E-state index is 11.6. The highest BCUT2D eigenvalue weighted by Crippen LogP contribution is 2.25. The number of methoxy groups -OCH3 is 1. The lowest BCUT2D eigenvalue weighted by Crippen LogP contribution is -2.24. The number of urea groups is 1. The van der Waals surface area contributed by atoms with Crippen molar-refractivity contribution in [1.82, 2.24) is 5.43 Å². The van der Waals surface area contributed by atoms with Gasteiger partial charge in [-0.1, -0.05) is 18.2 Å². The number of phenolic OH excluding ortho intramolecular Hbond substituents is 1. The van der Waals surface area contributed by atoms with Crippen molar-refractivity contribution in [1.29, 1.82) is 0 Å². The Bertz CT molecular complexity index is 642. The van der Waals surface area contributed by atoms with Gasteiger partial charge in [-0.15, -0.1) is 0 Å². The van der Waals surface area contributed by atoms with E-state index in [-0.39, 0.29) is 5.75 Å². The van der Waals surface area contributed by atoms with Crippen LogP contribution in [0.4, 0.5) is 10.5 Å². The van der Waals surface area contributed by atoms with Crippen LogP contribution in [0.25, 0.3) is 0 Å². The van der Waals surface area contributed by atoms with Crippen LogP contribution < -0.4 is 15.5 Å². The van der Waals surface area contributed by atoms with E-state index < -0.39 is 6.03 Å². The molecule has 0 spiro atoms. The average molecular weight is 285 g/mol. The number of para-hydroxylation sites is 1. The molecule has 0 atom stereocenters. The van der Waals surface area contributed by atoms with Gasteiger partial charge in [0.15, 0.2) is 11.5 Å². The zero-order valence-corrected chi connectivity index (χ0v) is 11.4. The quantitative estimate of drug-likeness (QED) is 0.596. The number of benzene rings is 2.